The third-order valence-corrected chi connectivity index (χ3v) is 5.78. The first-order valence-corrected chi connectivity index (χ1v) is 11.1. The summed E-state index contributed by atoms with van der Waals surface area (Å²) in [5.74, 6) is 1.11. The number of nitrogens with two attached hydrogens (primary N) is 1. The van der Waals surface area contributed by atoms with Gasteiger partial charge in [0.25, 0.3) is 0 Å². The molecule has 4 aromatic rings. The van der Waals surface area contributed by atoms with Crippen molar-refractivity contribution < 1.29 is 0 Å². The summed E-state index contributed by atoms with van der Waals surface area (Å²) in [6, 6.07) is 23.4. The van der Waals surface area contributed by atoms with Crippen molar-refractivity contribution in [3.8, 4) is 0 Å². The van der Waals surface area contributed by atoms with Crippen molar-refractivity contribution in [3.05, 3.63) is 95.6 Å². The van der Waals surface area contributed by atoms with Gasteiger partial charge in [-0.05, 0) is 55.6 Å². The fourth-order valence-electron chi connectivity index (χ4n) is 4.03. The molecule has 0 aliphatic rings. The van der Waals surface area contributed by atoms with Crippen LogP contribution in [0.5, 0.6) is 0 Å². The number of benzene rings is 2. The lowest BCUT2D eigenvalue weighted by Crippen LogP contribution is -2.33. The minimum Gasteiger partial charge on any atom is -0.330 e. The van der Waals surface area contributed by atoms with Crippen LogP contribution in [0.1, 0.15) is 35.5 Å². The Hall–Kier alpha value is -3.02. The van der Waals surface area contributed by atoms with Crippen LogP contribution in [0.3, 0.4) is 0 Å². The molecular weight excluding hydrogens is 382 g/mol. The van der Waals surface area contributed by atoms with Crippen LogP contribution < -0.4 is 11.1 Å². The van der Waals surface area contributed by atoms with Gasteiger partial charge in [0.2, 0.25) is 0 Å². The Balaban J connectivity index is 1.58. The van der Waals surface area contributed by atoms with E-state index in [-0.39, 0.29) is 6.04 Å². The van der Waals surface area contributed by atoms with Gasteiger partial charge in [0.1, 0.15) is 5.82 Å². The molecule has 0 aliphatic carbocycles. The Bertz CT molecular complexity index is 1100. The Morgan fingerprint density at radius 1 is 1.00 bits per heavy atom. The second-order valence-corrected chi connectivity index (χ2v) is 8.07. The molecule has 3 N–H and O–H groups in total. The van der Waals surface area contributed by atoms with Crippen LogP contribution in [0.15, 0.2) is 72.9 Å². The first-order chi connectivity index (χ1) is 15.2. The van der Waals surface area contributed by atoms with Gasteiger partial charge in [-0.2, -0.15) is 0 Å². The zero-order valence-electron chi connectivity index (χ0n) is 18.2. The zero-order valence-corrected chi connectivity index (χ0v) is 18.2. The van der Waals surface area contributed by atoms with Gasteiger partial charge in [0.05, 0.1) is 16.7 Å². The maximum absolute atomic E-state index is 5.83. The fraction of sp³-hybridized carbons (Fsp3) is 0.308. The highest BCUT2D eigenvalue weighted by Crippen LogP contribution is 2.20. The van der Waals surface area contributed by atoms with E-state index >= 15 is 0 Å². The second-order valence-electron chi connectivity index (χ2n) is 8.07. The molecule has 160 valence electrons. The molecule has 5 heteroatoms. The van der Waals surface area contributed by atoms with Crippen LogP contribution in [0.25, 0.3) is 11.0 Å². The molecule has 5 nitrogen and oxygen atoms in total. The number of fused-ring (bicyclic) bond motifs is 1. The molecule has 1 unspecified atom stereocenters. The van der Waals surface area contributed by atoms with Crippen LogP contribution in [0.2, 0.25) is 0 Å². The lowest BCUT2D eigenvalue weighted by molar-refractivity contribution is 0.449. The smallest absolute Gasteiger partial charge is 0.111 e. The molecule has 0 fully saturated rings. The van der Waals surface area contributed by atoms with Crippen LogP contribution in [0, 0.1) is 6.92 Å². The van der Waals surface area contributed by atoms with Crippen molar-refractivity contribution in [2.24, 2.45) is 5.73 Å². The maximum atomic E-state index is 5.83. The molecule has 0 bridgehead atoms. The Kier molecular flexibility index (Phi) is 7.07. The predicted molar refractivity (Wildman–Crippen MR) is 127 cm³/mol. The molecule has 2 heterocycles. The number of hydrogen-bond donors (Lipinski definition) is 2. The normalized spacial score (nSPS) is 12.3. The van der Waals surface area contributed by atoms with Crippen molar-refractivity contribution in [1.29, 1.82) is 0 Å². The first-order valence-electron chi connectivity index (χ1n) is 11.1. The number of aromatic nitrogens is 3. The number of imidazole rings is 1. The molecule has 31 heavy (non-hydrogen) atoms. The number of aryl methyl sites for hydroxylation is 1. The maximum Gasteiger partial charge on any atom is 0.111 e. The number of pyridine rings is 1. The van der Waals surface area contributed by atoms with Gasteiger partial charge in [0.15, 0.2) is 0 Å². The summed E-state index contributed by atoms with van der Waals surface area (Å²) in [4.78, 5) is 9.54. The molecular formula is C26H31N5. The predicted octanol–water partition coefficient (Wildman–Crippen LogP) is 4.23. The number of para-hydroxylation sites is 2. The van der Waals surface area contributed by atoms with E-state index in [1.807, 2.05) is 12.3 Å². The number of rotatable bonds is 10. The van der Waals surface area contributed by atoms with Gasteiger partial charge in [0, 0.05) is 31.7 Å². The average molecular weight is 414 g/mol. The monoisotopic (exact) mass is 413 g/mol. The van der Waals surface area contributed by atoms with E-state index < -0.39 is 0 Å². The van der Waals surface area contributed by atoms with Gasteiger partial charge in [-0.3, -0.25) is 4.98 Å². The summed E-state index contributed by atoms with van der Waals surface area (Å²) >= 11 is 0. The van der Waals surface area contributed by atoms with Crippen molar-refractivity contribution in [2.75, 3.05) is 6.54 Å². The van der Waals surface area contributed by atoms with Crippen molar-refractivity contribution in [1.82, 2.24) is 19.9 Å². The molecule has 0 spiro atoms. The third kappa shape index (κ3) is 5.37. The molecule has 0 radical (unpaired) electrons. The summed E-state index contributed by atoms with van der Waals surface area (Å²) in [6.07, 6.45) is 4.71. The van der Waals surface area contributed by atoms with E-state index in [0.717, 1.165) is 49.4 Å². The highest BCUT2D eigenvalue weighted by Gasteiger charge is 2.17. The molecule has 2 aromatic carbocycles. The third-order valence-electron chi connectivity index (χ3n) is 5.78. The standard InChI is InChI=1S/C26H31N5/c1-20-9-8-16-28-24(20)18-29-22(12-7-15-27)17-26-30-23-13-5-6-14-25(23)31(26)19-21-10-3-2-4-11-21/h2-6,8-11,13-14,16,22,29H,7,12,15,17-19,27H2,1H3. The van der Waals surface area contributed by atoms with E-state index in [9.17, 15) is 0 Å². The van der Waals surface area contributed by atoms with Gasteiger partial charge in [-0.15, -0.1) is 0 Å². The Morgan fingerprint density at radius 2 is 1.81 bits per heavy atom. The Morgan fingerprint density at radius 3 is 2.61 bits per heavy atom. The zero-order chi connectivity index (χ0) is 21.5. The van der Waals surface area contributed by atoms with Crippen LogP contribution in [-0.4, -0.2) is 27.1 Å². The number of nitrogens with zero attached hydrogens (tertiary/aromatic N) is 3. The first kappa shape index (κ1) is 21.2. The topological polar surface area (TPSA) is 68.8 Å². The van der Waals surface area contributed by atoms with Crippen molar-refractivity contribution in [2.45, 2.75) is 45.3 Å². The van der Waals surface area contributed by atoms with E-state index in [1.54, 1.807) is 0 Å². The summed E-state index contributed by atoms with van der Waals surface area (Å²) < 4.78 is 2.35. The van der Waals surface area contributed by atoms with Gasteiger partial charge in [-0.1, -0.05) is 48.5 Å². The Labute approximate surface area is 184 Å². The lowest BCUT2D eigenvalue weighted by Gasteiger charge is -2.20. The number of nitrogens with one attached hydrogen (secondary N) is 1. The summed E-state index contributed by atoms with van der Waals surface area (Å²) in [5.41, 5.74) is 11.6. The number of hydrogen-bond acceptors (Lipinski definition) is 4. The molecule has 0 aliphatic heterocycles. The average Bonchev–Trinajstić information content (AvgIpc) is 3.14. The molecule has 0 amide bonds. The van der Waals surface area contributed by atoms with E-state index in [1.165, 1.54) is 16.6 Å². The van der Waals surface area contributed by atoms with E-state index in [0.29, 0.717) is 6.54 Å². The minimum absolute atomic E-state index is 0.288. The van der Waals surface area contributed by atoms with Gasteiger partial charge >= 0.3 is 0 Å². The molecule has 1 atom stereocenters. The highest BCUT2D eigenvalue weighted by molar-refractivity contribution is 5.76. The van der Waals surface area contributed by atoms with E-state index in [4.69, 9.17) is 10.7 Å². The summed E-state index contributed by atoms with van der Waals surface area (Å²) in [7, 11) is 0. The lowest BCUT2D eigenvalue weighted by atomic mass is 10.1. The molecule has 4 rings (SSSR count). The van der Waals surface area contributed by atoms with Gasteiger partial charge in [-0.25, -0.2) is 4.98 Å². The van der Waals surface area contributed by atoms with Crippen LogP contribution in [0.4, 0.5) is 0 Å². The van der Waals surface area contributed by atoms with E-state index in [2.05, 4.69) is 82.5 Å². The largest absolute Gasteiger partial charge is 0.330 e. The van der Waals surface area contributed by atoms with Gasteiger partial charge < -0.3 is 15.6 Å². The second kappa shape index (κ2) is 10.3. The quantitative estimate of drug-likeness (QED) is 0.408. The molecule has 0 saturated heterocycles. The SMILES string of the molecule is Cc1cccnc1CNC(CCCN)Cc1nc2ccccc2n1Cc1ccccc1. The fourth-order valence-corrected chi connectivity index (χ4v) is 4.03. The van der Waals surface area contributed by atoms with Crippen LogP contribution >= 0.6 is 0 Å². The molecule has 2 aromatic heterocycles. The highest BCUT2D eigenvalue weighted by atomic mass is 15.1. The van der Waals surface area contributed by atoms with Crippen LogP contribution in [-0.2, 0) is 19.5 Å². The minimum atomic E-state index is 0.288. The van der Waals surface area contributed by atoms with Crippen molar-refractivity contribution >= 4 is 11.0 Å². The van der Waals surface area contributed by atoms with Crippen molar-refractivity contribution in [3.63, 3.8) is 0 Å². The summed E-state index contributed by atoms with van der Waals surface area (Å²) in [5, 5.41) is 3.72. The molecule has 0 saturated carbocycles. The summed E-state index contributed by atoms with van der Waals surface area (Å²) in [6.45, 7) is 4.37.